The van der Waals surface area contributed by atoms with E-state index in [1.165, 1.54) is 25.3 Å². The number of aromatic nitrogens is 2. The van der Waals surface area contributed by atoms with Gasteiger partial charge in [0.2, 0.25) is 5.88 Å². The van der Waals surface area contributed by atoms with Crippen LogP contribution in [0.5, 0.6) is 5.88 Å². The van der Waals surface area contributed by atoms with E-state index >= 15 is 0 Å². The van der Waals surface area contributed by atoms with Gasteiger partial charge in [-0.2, -0.15) is 0 Å². The molecule has 1 heterocycles. The van der Waals surface area contributed by atoms with Crippen LogP contribution < -0.4 is 4.74 Å². The maximum Gasteiger partial charge on any atom is 0.233 e. The number of benzene rings is 1. The third kappa shape index (κ3) is 2.57. The molecule has 88 valence electrons. The zero-order valence-corrected chi connectivity index (χ0v) is 9.17. The topological polar surface area (TPSA) is 55.2 Å². The molecule has 0 bridgehead atoms. The Morgan fingerprint density at radius 2 is 2.06 bits per heavy atom. The summed E-state index contributed by atoms with van der Waals surface area (Å²) in [6.07, 6.45) is -0.996. The van der Waals surface area contributed by atoms with Crippen LogP contribution in [0.2, 0.25) is 0 Å². The Morgan fingerprint density at radius 1 is 1.24 bits per heavy atom. The Kier molecular flexibility index (Phi) is 3.30. The zero-order valence-electron chi connectivity index (χ0n) is 9.17. The monoisotopic (exact) mass is 234 g/mol. The lowest BCUT2D eigenvalue weighted by Crippen LogP contribution is -2.04. The average molecular weight is 234 g/mol. The quantitative estimate of drug-likeness (QED) is 0.878. The molecule has 5 heteroatoms. The van der Waals surface area contributed by atoms with Gasteiger partial charge < -0.3 is 9.84 Å². The highest BCUT2D eigenvalue weighted by atomic mass is 19.1. The van der Waals surface area contributed by atoms with E-state index in [0.717, 1.165) is 0 Å². The second kappa shape index (κ2) is 4.88. The predicted molar refractivity (Wildman–Crippen MR) is 59.0 cm³/mol. The summed E-state index contributed by atoms with van der Waals surface area (Å²) in [6, 6.07) is 8.91. The van der Waals surface area contributed by atoms with Gasteiger partial charge in [-0.05, 0) is 23.8 Å². The first-order valence-electron chi connectivity index (χ1n) is 5.02. The summed E-state index contributed by atoms with van der Waals surface area (Å²) in [5.41, 5.74) is 0.779. The Hall–Kier alpha value is -2.01. The number of aliphatic hydroxyl groups is 1. The number of halogens is 1. The fourth-order valence-corrected chi connectivity index (χ4v) is 1.43. The van der Waals surface area contributed by atoms with Crippen molar-refractivity contribution in [3.63, 3.8) is 0 Å². The third-order valence-electron chi connectivity index (χ3n) is 2.31. The smallest absolute Gasteiger partial charge is 0.233 e. The molecule has 0 saturated heterocycles. The molecule has 1 aromatic heterocycles. The molecule has 2 aromatic rings. The first-order valence-corrected chi connectivity index (χ1v) is 5.02. The fourth-order valence-electron chi connectivity index (χ4n) is 1.43. The van der Waals surface area contributed by atoms with Crippen LogP contribution >= 0.6 is 0 Å². The molecule has 0 amide bonds. The number of aliphatic hydroxyl groups excluding tert-OH is 1. The lowest BCUT2D eigenvalue weighted by atomic mass is 10.1. The van der Waals surface area contributed by atoms with Crippen LogP contribution in [0.15, 0.2) is 36.4 Å². The van der Waals surface area contributed by atoms with Crippen LogP contribution in [0.1, 0.15) is 17.4 Å². The molecule has 4 nitrogen and oxygen atoms in total. The van der Waals surface area contributed by atoms with Crippen molar-refractivity contribution in [2.75, 3.05) is 7.11 Å². The van der Waals surface area contributed by atoms with Gasteiger partial charge in [0.1, 0.15) is 11.9 Å². The predicted octanol–water partition coefficient (Wildman–Crippen LogP) is 1.71. The lowest BCUT2D eigenvalue weighted by molar-refractivity contribution is 0.213. The van der Waals surface area contributed by atoms with E-state index in [-0.39, 0.29) is 0 Å². The van der Waals surface area contributed by atoms with Gasteiger partial charge in [-0.3, -0.25) is 0 Å². The van der Waals surface area contributed by atoms with Gasteiger partial charge in [-0.15, -0.1) is 10.2 Å². The molecule has 1 unspecified atom stereocenters. The zero-order chi connectivity index (χ0) is 12.3. The van der Waals surface area contributed by atoms with Crippen LogP contribution in [0.3, 0.4) is 0 Å². The molecule has 17 heavy (non-hydrogen) atoms. The molecular formula is C12H11FN2O2. The second-order valence-electron chi connectivity index (χ2n) is 3.46. The molecule has 0 radical (unpaired) electrons. The molecule has 1 atom stereocenters. The van der Waals surface area contributed by atoms with Gasteiger partial charge in [0.25, 0.3) is 0 Å². The summed E-state index contributed by atoms with van der Waals surface area (Å²) in [5, 5.41) is 17.5. The summed E-state index contributed by atoms with van der Waals surface area (Å²) < 4.78 is 17.9. The molecule has 1 aromatic carbocycles. The van der Waals surface area contributed by atoms with Gasteiger partial charge in [-0.1, -0.05) is 12.1 Å². The fraction of sp³-hybridized carbons (Fsp3) is 0.167. The van der Waals surface area contributed by atoms with E-state index in [1.807, 2.05) is 0 Å². The van der Waals surface area contributed by atoms with Crippen molar-refractivity contribution in [2.45, 2.75) is 6.10 Å². The molecule has 2 rings (SSSR count). The van der Waals surface area contributed by atoms with Crippen LogP contribution in [0.25, 0.3) is 0 Å². The van der Waals surface area contributed by atoms with Crippen molar-refractivity contribution in [2.24, 2.45) is 0 Å². The molecule has 0 fully saturated rings. The number of hydrogen-bond donors (Lipinski definition) is 1. The van der Waals surface area contributed by atoms with Crippen LogP contribution in [-0.2, 0) is 0 Å². The number of hydrogen-bond acceptors (Lipinski definition) is 4. The van der Waals surface area contributed by atoms with Gasteiger partial charge >= 0.3 is 0 Å². The molecule has 0 saturated carbocycles. The SMILES string of the molecule is COc1ccc(C(O)c2cccc(F)c2)nn1. The van der Waals surface area contributed by atoms with Crippen molar-refractivity contribution in [1.82, 2.24) is 10.2 Å². The maximum absolute atomic E-state index is 13.0. The minimum atomic E-state index is -0.996. The maximum atomic E-state index is 13.0. The van der Waals surface area contributed by atoms with Gasteiger partial charge in [-0.25, -0.2) is 4.39 Å². The summed E-state index contributed by atoms with van der Waals surface area (Å²) in [6.45, 7) is 0. The van der Waals surface area contributed by atoms with Crippen molar-refractivity contribution in [3.05, 3.63) is 53.5 Å². The largest absolute Gasteiger partial charge is 0.480 e. The highest BCUT2D eigenvalue weighted by Crippen LogP contribution is 2.20. The Morgan fingerprint density at radius 3 is 2.65 bits per heavy atom. The number of rotatable bonds is 3. The van der Waals surface area contributed by atoms with Crippen molar-refractivity contribution < 1.29 is 14.2 Å². The third-order valence-corrected chi connectivity index (χ3v) is 2.31. The first kappa shape index (κ1) is 11.5. The summed E-state index contributed by atoms with van der Waals surface area (Å²) >= 11 is 0. The van der Waals surface area contributed by atoms with Crippen LogP contribution in [0.4, 0.5) is 4.39 Å². The molecular weight excluding hydrogens is 223 g/mol. The second-order valence-corrected chi connectivity index (χ2v) is 3.46. The molecule has 0 aliphatic rings. The summed E-state index contributed by atoms with van der Waals surface area (Å²) in [4.78, 5) is 0. The molecule has 0 spiro atoms. The highest BCUT2D eigenvalue weighted by Gasteiger charge is 2.13. The van der Waals surface area contributed by atoms with Gasteiger partial charge in [0, 0.05) is 6.07 Å². The van der Waals surface area contributed by atoms with Crippen molar-refractivity contribution in [3.8, 4) is 5.88 Å². The van der Waals surface area contributed by atoms with E-state index in [0.29, 0.717) is 17.1 Å². The van der Waals surface area contributed by atoms with Crippen molar-refractivity contribution in [1.29, 1.82) is 0 Å². The van der Waals surface area contributed by atoms with E-state index in [1.54, 1.807) is 18.2 Å². The minimum Gasteiger partial charge on any atom is -0.480 e. The minimum absolute atomic E-state index is 0.344. The number of nitrogens with zero attached hydrogens (tertiary/aromatic N) is 2. The number of methoxy groups -OCH3 is 1. The number of ether oxygens (including phenoxy) is 1. The Balaban J connectivity index is 2.27. The molecule has 0 aliphatic carbocycles. The van der Waals surface area contributed by atoms with Crippen molar-refractivity contribution >= 4 is 0 Å². The summed E-state index contributed by atoms with van der Waals surface area (Å²) in [5.74, 6) is -0.0387. The van der Waals surface area contributed by atoms with E-state index in [9.17, 15) is 9.50 Å². The summed E-state index contributed by atoms with van der Waals surface area (Å²) in [7, 11) is 1.48. The Labute approximate surface area is 97.7 Å². The van der Waals surface area contributed by atoms with Gasteiger partial charge in [0.15, 0.2) is 0 Å². The van der Waals surface area contributed by atoms with E-state index in [2.05, 4.69) is 10.2 Å². The van der Waals surface area contributed by atoms with E-state index in [4.69, 9.17) is 4.74 Å². The highest BCUT2D eigenvalue weighted by molar-refractivity contribution is 5.26. The first-order chi connectivity index (χ1) is 8.20. The normalized spacial score (nSPS) is 12.2. The van der Waals surface area contributed by atoms with Crippen LogP contribution in [-0.4, -0.2) is 22.4 Å². The van der Waals surface area contributed by atoms with Crippen LogP contribution in [0, 0.1) is 5.82 Å². The molecule has 1 N–H and O–H groups in total. The Bertz CT molecular complexity index is 502. The standard InChI is InChI=1S/C12H11FN2O2/c1-17-11-6-5-10(14-15-11)12(16)8-3-2-4-9(13)7-8/h2-7,12,16H,1H3. The lowest BCUT2D eigenvalue weighted by Gasteiger charge is -2.09. The van der Waals surface area contributed by atoms with Gasteiger partial charge in [0.05, 0.1) is 12.8 Å². The average Bonchev–Trinajstić information content (AvgIpc) is 2.38. The van der Waals surface area contributed by atoms with E-state index < -0.39 is 11.9 Å². The molecule has 0 aliphatic heterocycles.